The second-order valence-electron chi connectivity index (χ2n) is 7.39. The summed E-state index contributed by atoms with van der Waals surface area (Å²) in [5.41, 5.74) is 4.79. The fourth-order valence-corrected chi connectivity index (χ4v) is 4.37. The molecule has 0 aliphatic heterocycles. The minimum atomic E-state index is 0. The van der Waals surface area contributed by atoms with Crippen molar-refractivity contribution in [1.29, 1.82) is 0 Å². The Balaban J connectivity index is 0.00000181. The van der Waals surface area contributed by atoms with Gasteiger partial charge in [-0.15, -0.1) is 5.69 Å². The van der Waals surface area contributed by atoms with Crippen molar-refractivity contribution in [3.8, 4) is 0 Å². The number of benzene rings is 6. The Morgan fingerprint density at radius 1 is 0.448 bits per heavy atom. The molecular formula is C26H17N2Zn-. The van der Waals surface area contributed by atoms with Crippen LogP contribution in [-0.2, 0) is 19.5 Å². The molecule has 0 atom stereocenters. The molecule has 6 rings (SSSR count). The molecule has 6 aromatic rings. The molecule has 0 saturated carbocycles. The Kier molecular flexibility index (Phi) is 4.24. The van der Waals surface area contributed by atoms with E-state index in [0.29, 0.717) is 0 Å². The van der Waals surface area contributed by atoms with E-state index in [-0.39, 0.29) is 19.5 Å². The molecule has 29 heavy (non-hydrogen) atoms. The number of nitrogens with zero attached hydrogens (tertiary/aromatic N) is 1. The summed E-state index contributed by atoms with van der Waals surface area (Å²) < 4.78 is 0. The zero-order valence-corrected chi connectivity index (χ0v) is 18.9. The molecule has 0 aromatic heterocycles. The van der Waals surface area contributed by atoms with E-state index < -0.39 is 0 Å². The number of rotatable bonds is 1. The third-order valence-electron chi connectivity index (χ3n) is 5.77. The molecule has 0 unspecified atom stereocenters. The Bertz CT molecular complexity index is 1550. The van der Waals surface area contributed by atoms with Gasteiger partial charge in [-0.1, -0.05) is 54.6 Å². The second-order valence-corrected chi connectivity index (χ2v) is 7.39. The summed E-state index contributed by atoms with van der Waals surface area (Å²) in [4.78, 5) is 0. The Morgan fingerprint density at radius 2 is 0.966 bits per heavy atom. The van der Waals surface area contributed by atoms with E-state index in [0.717, 1.165) is 16.5 Å². The summed E-state index contributed by atoms with van der Waals surface area (Å²) in [6, 6.07) is 32.6. The van der Waals surface area contributed by atoms with Crippen LogP contribution in [0.2, 0.25) is 0 Å². The zero-order chi connectivity index (χ0) is 18.7. The van der Waals surface area contributed by atoms with Crippen LogP contribution in [0.25, 0.3) is 59.3 Å². The molecule has 0 radical (unpaired) electrons. The first-order chi connectivity index (χ1) is 13.8. The summed E-state index contributed by atoms with van der Waals surface area (Å²) in [6.45, 7) is 0. The first-order valence-corrected chi connectivity index (χ1v) is 9.43. The van der Waals surface area contributed by atoms with Gasteiger partial charge in [-0.25, -0.2) is 0 Å². The maximum absolute atomic E-state index is 5.62. The predicted molar refractivity (Wildman–Crippen MR) is 121 cm³/mol. The number of hydrogen-bond donors (Lipinski definition) is 1. The van der Waals surface area contributed by atoms with Crippen molar-refractivity contribution in [2.75, 3.05) is 0 Å². The maximum Gasteiger partial charge on any atom is 0 e. The third kappa shape index (κ3) is 2.78. The smallest absolute Gasteiger partial charge is 0 e. The summed E-state index contributed by atoms with van der Waals surface area (Å²) in [7, 11) is 0. The van der Waals surface area contributed by atoms with Gasteiger partial charge < -0.3 is 11.3 Å². The minimum Gasteiger partial charge on any atom is -0.625 e. The van der Waals surface area contributed by atoms with Crippen LogP contribution >= 0.6 is 0 Å². The van der Waals surface area contributed by atoms with Crippen LogP contribution in [0.4, 0.5) is 5.69 Å². The normalized spacial score (nSPS) is 11.3. The van der Waals surface area contributed by atoms with Gasteiger partial charge in [0.1, 0.15) is 0 Å². The Morgan fingerprint density at radius 3 is 1.66 bits per heavy atom. The first-order valence-electron chi connectivity index (χ1n) is 9.43. The van der Waals surface area contributed by atoms with Crippen molar-refractivity contribution in [2.24, 2.45) is 5.84 Å². The largest absolute Gasteiger partial charge is 0.625 e. The molecule has 0 bridgehead atoms. The maximum atomic E-state index is 5.62. The van der Waals surface area contributed by atoms with Crippen LogP contribution in [-0.4, -0.2) is 0 Å². The quantitative estimate of drug-likeness (QED) is 0.0973. The van der Waals surface area contributed by atoms with Gasteiger partial charge in [0, 0.05) is 19.5 Å². The number of hydrogen-bond acceptors (Lipinski definition) is 1. The van der Waals surface area contributed by atoms with Gasteiger partial charge in [0.15, 0.2) is 0 Å². The van der Waals surface area contributed by atoms with Crippen LogP contribution in [0.15, 0.2) is 91.0 Å². The standard InChI is InChI=1S/C26H17N2.Zn/c27-28-26-7-3-6-18-12-19-8-9-20-13-21-10-16-4-1-2-5-17(16)11-22(21)14-23(20)24(19)15-25(18)26;/h1-15H,27H2;/q-1;. The van der Waals surface area contributed by atoms with Gasteiger partial charge in [0.25, 0.3) is 0 Å². The monoisotopic (exact) mass is 421 g/mol. The van der Waals surface area contributed by atoms with Crippen molar-refractivity contribution in [3.05, 3.63) is 96.4 Å². The topological polar surface area (TPSA) is 40.1 Å². The van der Waals surface area contributed by atoms with Crippen LogP contribution in [0.1, 0.15) is 0 Å². The van der Waals surface area contributed by atoms with E-state index in [1.165, 1.54) is 43.1 Å². The van der Waals surface area contributed by atoms with Crippen LogP contribution in [0.5, 0.6) is 0 Å². The molecule has 0 fully saturated rings. The molecule has 3 heteroatoms. The number of nitrogens with two attached hydrogens (primary N) is 1. The van der Waals surface area contributed by atoms with Gasteiger partial charge in [0.05, 0.1) is 0 Å². The Labute approximate surface area is 181 Å². The predicted octanol–water partition coefficient (Wildman–Crippen LogP) is 7.33. The van der Waals surface area contributed by atoms with E-state index in [1.54, 1.807) is 0 Å². The molecular weight excluding hydrogens is 406 g/mol. The molecule has 6 aromatic carbocycles. The minimum absolute atomic E-state index is 0. The van der Waals surface area contributed by atoms with E-state index in [1.807, 2.05) is 12.1 Å². The average molecular weight is 423 g/mol. The van der Waals surface area contributed by atoms with Crippen molar-refractivity contribution < 1.29 is 19.5 Å². The van der Waals surface area contributed by atoms with E-state index in [9.17, 15) is 0 Å². The van der Waals surface area contributed by atoms with Crippen molar-refractivity contribution in [2.45, 2.75) is 0 Å². The molecule has 2 nitrogen and oxygen atoms in total. The van der Waals surface area contributed by atoms with Crippen molar-refractivity contribution in [3.63, 3.8) is 0 Å². The van der Waals surface area contributed by atoms with Gasteiger partial charge in [-0.3, -0.25) is 0 Å². The fourth-order valence-electron chi connectivity index (χ4n) is 4.37. The molecule has 0 amide bonds. The molecule has 0 aliphatic carbocycles. The van der Waals surface area contributed by atoms with E-state index in [2.05, 4.69) is 84.3 Å². The Hall–Kier alpha value is -3.00. The van der Waals surface area contributed by atoms with E-state index >= 15 is 0 Å². The summed E-state index contributed by atoms with van der Waals surface area (Å²) in [5, 5.41) is 12.3. The van der Waals surface area contributed by atoms with Crippen LogP contribution < -0.4 is 5.84 Å². The first kappa shape index (κ1) is 18.1. The summed E-state index contributed by atoms with van der Waals surface area (Å²) >= 11 is 0. The van der Waals surface area contributed by atoms with Gasteiger partial charge in [-0.2, -0.15) is 0 Å². The average Bonchev–Trinajstić information content (AvgIpc) is 2.74. The molecule has 0 heterocycles. The molecule has 0 aliphatic rings. The SMILES string of the molecule is N[N-]c1cccc2cc3ccc4cc5cc6ccccc6cc5cc4c3cc12.[Zn]. The third-order valence-corrected chi connectivity index (χ3v) is 5.77. The number of fused-ring (bicyclic) bond motifs is 6. The van der Waals surface area contributed by atoms with Crippen LogP contribution in [0.3, 0.4) is 0 Å². The molecule has 134 valence electrons. The second kappa shape index (κ2) is 6.81. The molecule has 0 saturated heterocycles. The van der Waals surface area contributed by atoms with Crippen molar-refractivity contribution in [1.82, 2.24) is 0 Å². The van der Waals surface area contributed by atoms with Crippen molar-refractivity contribution >= 4 is 59.5 Å². The van der Waals surface area contributed by atoms with Gasteiger partial charge >= 0.3 is 0 Å². The molecule has 0 spiro atoms. The summed E-state index contributed by atoms with van der Waals surface area (Å²) in [6.07, 6.45) is 0. The fraction of sp³-hybridized carbons (Fsp3) is 0. The zero-order valence-electron chi connectivity index (χ0n) is 15.9. The van der Waals surface area contributed by atoms with Gasteiger partial charge in [-0.05, 0) is 90.3 Å². The van der Waals surface area contributed by atoms with Gasteiger partial charge in [0.2, 0.25) is 0 Å². The van der Waals surface area contributed by atoms with Crippen LogP contribution in [0, 0.1) is 0 Å². The van der Waals surface area contributed by atoms with E-state index in [4.69, 9.17) is 5.84 Å². The summed E-state index contributed by atoms with van der Waals surface area (Å²) in [5.74, 6) is 5.62. The molecule has 2 N–H and O–H groups in total.